The summed E-state index contributed by atoms with van der Waals surface area (Å²) < 4.78 is 6.53. The van der Waals surface area contributed by atoms with E-state index in [1.54, 1.807) is 0 Å². The molecule has 0 saturated heterocycles. The van der Waals surface area contributed by atoms with Crippen LogP contribution < -0.4 is 5.32 Å². The van der Waals surface area contributed by atoms with Crippen molar-refractivity contribution in [3.63, 3.8) is 0 Å². The Kier molecular flexibility index (Phi) is 4.12. The van der Waals surface area contributed by atoms with Crippen molar-refractivity contribution in [2.45, 2.75) is 19.1 Å². The molecule has 0 aliphatic carbocycles. The Hall–Kier alpha value is -2.11. The van der Waals surface area contributed by atoms with E-state index in [0.29, 0.717) is 6.61 Å². The number of benzene rings is 2. The molecule has 1 atom stereocenters. The molecular weight excluding hydrogens is 368 g/mol. The SMILES string of the molecule is O=C(OCc1ccccc1)C1NCCc2c1[nH]c1cc(Br)ccc21. The van der Waals surface area contributed by atoms with Crippen LogP contribution in [-0.4, -0.2) is 17.5 Å². The lowest BCUT2D eigenvalue weighted by molar-refractivity contribution is -0.148. The second kappa shape index (κ2) is 6.42. The van der Waals surface area contributed by atoms with Gasteiger partial charge in [0.1, 0.15) is 12.6 Å². The molecule has 0 bridgehead atoms. The molecule has 0 spiro atoms. The Labute approximate surface area is 148 Å². The number of ether oxygens (including phenoxy) is 1. The zero-order chi connectivity index (χ0) is 16.5. The summed E-state index contributed by atoms with van der Waals surface area (Å²) in [6.45, 7) is 1.06. The first kappa shape index (κ1) is 15.4. The van der Waals surface area contributed by atoms with Gasteiger partial charge in [-0.25, -0.2) is 4.79 Å². The van der Waals surface area contributed by atoms with Crippen LogP contribution in [0, 0.1) is 0 Å². The van der Waals surface area contributed by atoms with Gasteiger partial charge in [-0.05, 0) is 29.7 Å². The molecule has 0 amide bonds. The van der Waals surface area contributed by atoms with E-state index in [4.69, 9.17) is 4.74 Å². The van der Waals surface area contributed by atoms with Crippen LogP contribution in [0.3, 0.4) is 0 Å². The van der Waals surface area contributed by atoms with Crippen LogP contribution in [0.25, 0.3) is 10.9 Å². The van der Waals surface area contributed by atoms with Crippen molar-refractivity contribution < 1.29 is 9.53 Å². The zero-order valence-corrected chi connectivity index (χ0v) is 14.6. The van der Waals surface area contributed by atoms with E-state index in [0.717, 1.165) is 34.2 Å². The van der Waals surface area contributed by atoms with Crippen LogP contribution in [0.1, 0.15) is 22.9 Å². The quantitative estimate of drug-likeness (QED) is 0.674. The first-order valence-corrected chi connectivity index (χ1v) is 8.75. The van der Waals surface area contributed by atoms with Gasteiger partial charge in [0.25, 0.3) is 0 Å². The number of carbonyl (C=O) groups excluding carboxylic acids is 1. The number of halogens is 1. The highest BCUT2D eigenvalue weighted by Gasteiger charge is 2.30. The van der Waals surface area contributed by atoms with Crippen LogP contribution in [0.4, 0.5) is 0 Å². The van der Waals surface area contributed by atoms with Gasteiger partial charge in [-0.2, -0.15) is 0 Å². The first-order chi connectivity index (χ1) is 11.7. The van der Waals surface area contributed by atoms with E-state index in [2.05, 4.69) is 32.3 Å². The molecule has 2 aromatic carbocycles. The van der Waals surface area contributed by atoms with Crippen LogP contribution in [0.2, 0.25) is 0 Å². The summed E-state index contributed by atoms with van der Waals surface area (Å²) in [5.74, 6) is -0.245. The fourth-order valence-electron chi connectivity index (χ4n) is 3.22. The van der Waals surface area contributed by atoms with Crippen LogP contribution >= 0.6 is 15.9 Å². The van der Waals surface area contributed by atoms with Crippen molar-refractivity contribution in [3.8, 4) is 0 Å². The lowest BCUT2D eigenvalue weighted by Crippen LogP contribution is -2.36. The maximum atomic E-state index is 12.6. The molecule has 122 valence electrons. The number of carbonyl (C=O) groups is 1. The minimum atomic E-state index is -0.441. The predicted molar refractivity (Wildman–Crippen MR) is 96.7 cm³/mol. The second-order valence-corrected chi connectivity index (χ2v) is 6.85. The summed E-state index contributed by atoms with van der Waals surface area (Å²) >= 11 is 3.49. The van der Waals surface area contributed by atoms with Gasteiger partial charge >= 0.3 is 5.97 Å². The molecule has 1 aromatic heterocycles. The summed E-state index contributed by atoms with van der Waals surface area (Å²) in [7, 11) is 0. The van der Waals surface area contributed by atoms with Crippen LogP contribution in [-0.2, 0) is 22.6 Å². The topological polar surface area (TPSA) is 54.1 Å². The fourth-order valence-corrected chi connectivity index (χ4v) is 3.58. The summed E-state index contributed by atoms with van der Waals surface area (Å²) in [5, 5.41) is 4.45. The highest BCUT2D eigenvalue weighted by Crippen LogP contribution is 2.32. The number of esters is 1. The molecule has 24 heavy (non-hydrogen) atoms. The molecular formula is C19H17BrN2O2. The van der Waals surface area contributed by atoms with Gasteiger partial charge in [-0.1, -0.05) is 52.3 Å². The largest absolute Gasteiger partial charge is 0.459 e. The molecule has 2 N–H and O–H groups in total. The third kappa shape index (κ3) is 2.85. The van der Waals surface area contributed by atoms with E-state index in [1.807, 2.05) is 42.5 Å². The molecule has 4 rings (SSSR count). The Morgan fingerprint density at radius 2 is 2.04 bits per heavy atom. The number of aromatic amines is 1. The van der Waals surface area contributed by atoms with Gasteiger partial charge in [-0.15, -0.1) is 0 Å². The molecule has 0 saturated carbocycles. The van der Waals surface area contributed by atoms with Gasteiger partial charge in [-0.3, -0.25) is 5.32 Å². The monoisotopic (exact) mass is 384 g/mol. The van der Waals surface area contributed by atoms with E-state index < -0.39 is 6.04 Å². The number of nitrogens with one attached hydrogen (secondary N) is 2. The lowest BCUT2D eigenvalue weighted by Gasteiger charge is -2.22. The van der Waals surface area contributed by atoms with Gasteiger partial charge in [0.2, 0.25) is 0 Å². The number of aromatic nitrogens is 1. The maximum absolute atomic E-state index is 12.6. The summed E-state index contributed by atoms with van der Waals surface area (Å²) in [6.07, 6.45) is 0.902. The molecule has 4 nitrogen and oxygen atoms in total. The molecule has 1 unspecified atom stereocenters. The summed E-state index contributed by atoms with van der Waals surface area (Å²) in [4.78, 5) is 16.0. The second-order valence-electron chi connectivity index (χ2n) is 5.94. The van der Waals surface area contributed by atoms with Gasteiger partial charge in [0.15, 0.2) is 0 Å². The van der Waals surface area contributed by atoms with Gasteiger partial charge in [0.05, 0.1) is 0 Å². The number of fused-ring (bicyclic) bond motifs is 3. The Bertz CT molecular complexity index is 889. The highest BCUT2D eigenvalue weighted by atomic mass is 79.9. The average molecular weight is 385 g/mol. The first-order valence-electron chi connectivity index (χ1n) is 7.96. The van der Waals surface area contributed by atoms with E-state index in [-0.39, 0.29) is 5.97 Å². The van der Waals surface area contributed by atoms with E-state index >= 15 is 0 Å². The third-order valence-corrected chi connectivity index (χ3v) is 4.87. The molecule has 0 radical (unpaired) electrons. The van der Waals surface area contributed by atoms with Crippen molar-refractivity contribution >= 4 is 32.8 Å². The minimum Gasteiger partial charge on any atom is -0.459 e. The Morgan fingerprint density at radius 3 is 2.88 bits per heavy atom. The van der Waals surface area contributed by atoms with Crippen molar-refractivity contribution in [1.29, 1.82) is 0 Å². The van der Waals surface area contributed by atoms with Crippen molar-refractivity contribution in [2.24, 2.45) is 0 Å². The molecule has 1 aliphatic heterocycles. The number of hydrogen-bond acceptors (Lipinski definition) is 3. The normalized spacial score (nSPS) is 16.8. The van der Waals surface area contributed by atoms with E-state index in [9.17, 15) is 4.79 Å². The minimum absolute atomic E-state index is 0.245. The standard InChI is InChI=1S/C19H17BrN2O2/c20-13-6-7-14-15-8-9-21-18(17(15)22-16(14)10-13)19(23)24-11-12-4-2-1-3-5-12/h1-7,10,18,21-22H,8-9,11H2. The Morgan fingerprint density at radius 1 is 1.21 bits per heavy atom. The third-order valence-electron chi connectivity index (χ3n) is 4.37. The van der Waals surface area contributed by atoms with Crippen LogP contribution in [0.15, 0.2) is 53.0 Å². The number of rotatable bonds is 3. The number of hydrogen-bond donors (Lipinski definition) is 2. The van der Waals surface area contributed by atoms with Crippen molar-refractivity contribution in [3.05, 3.63) is 69.8 Å². The zero-order valence-electron chi connectivity index (χ0n) is 13.0. The van der Waals surface area contributed by atoms with Crippen molar-refractivity contribution in [2.75, 3.05) is 6.54 Å². The average Bonchev–Trinajstić information content (AvgIpc) is 2.98. The number of H-pyrrole nitrogens is 1. The molecule has 0 fully saturated rings. The van der Waals surface area contributed by atoms with Crippen LogP contribution in [0.5, 0.6) is 0 Å². The maximum Gasteiger partial charge on any atom is 0.329 e. The Balaban J connectivity index is 1.59. The fraction of sp³-hybridized carbons (Fsp3) is 0.211. The lowest BCUT2D eigenvalue weighted by atomic mass is 9.99. The van der Waals surface area contributed by atoms with Gasteiger partial charge < -0.3 is 9.72 Å². The smallest absolute Gasteiger partial charge is 0.329 e. The molecule has 1 aliphatic rings. The highest BCUT2D eigenvalue weighted by molar-refractivity contribution is 9.10. The molecule has 2 heterocycles. The van der Waals surface area contributed by atoms with Gasteiger partial charge in [0, 0.05) is 27.6 Å². The summed E-state index contributed by atoms with van der Waals surface area (Å²) in [5.41, 5.74) is 4.16. The summed E-state index contributed by atoms with van der Waals surface area (Å²) in [6, 6.07) is 15.5. The van der Waals surface area contributed by atoms with Crippen molar-refractivity contribution in [1.82, 2.24) is 10.3 Å². The predicted octanol–water partition coefficient (Wildman–Crippen LogP) is 3.86. The van der Waals surface area contributed by atoms with E-state index in [1.165, 1.54) is 10.9 Å². The molecule has 5 heteroatoms. The molecule has 3 aromatic rings.